The van der Waals surface area contributed by atoms with Crippen LogP contribution in [0, 0.1) is 12.7 Å². The minimum Gasteiger partial charge on any atom is -0.207 e. The van der Waals surface area contributed by atoms with Crippen LogP contribution < -0.4 is 0 Å². The molecule has 0 aliphatic rings. The first-order valence-electron chi connectivity index (χ1n) is 5.82. The predicted molar refractivity (Wildman–Crippen MR) is 85.7 cm³/mol. The van der Waals surface area contributed by atoms with Crippen LogP contribution in [0.1, 0.15) is 21.5 Å². The van der Waals surface area contributed by atoms with Gasteiger partial charge in [-0.25, -0.2) is 4.39 Å². The van der Waals surface area contributed by atoms with Crippen LogP contribution >= 0.6 is 43.5 Å². The van der Waals surface area contributed by atoms with Crippen molar-refractivity contribution >= 4 is 43.5 Å². The Morgan fingerprint density at radius 1 is 1.26 bits per heavy atom. The van der Waals surface area contributed by atoms with E-state index in [0.717, 1.165) is 10.0 Å². The van der Waals surface area contributed by atoms with Gasteiger partial charge >= 0.3 is 0 Å². The maximum atomic E-state index is 13.8. The quantitative estimate of drug-likeness (QED) is 0.530. The molecule has 0 saturated heterocycles. The van der Waals surface area contributed by atoms with E-state index in [1.54, 1.807) is 12.1 Å². The second-order valence-corrected chi connectivity index (χ2v) is 6.76. The molecule has 1 unspecified atom stereocenters. The first kappa shape index (κ1) is 15.0. The summed E-state index contributed by atoms with van der Waals surface area (Å²) in [5.41, 5.74) is 2.81. The van der Waals surface area contributed by atoms with Crippen molar-refractivity contribution in [2.24, 2.45) is 0 Å². The van der Waals surface area contributed by atoms with Crippen LogP contribution in [0.3, 0.4) is 0 Å². The summed E-state index contributed by atoms with van der Waals surface area (Å²) in [5.74, 6) is -0.264. The van der Waals surface area contributed by atoms with E-state index in [4.69, 9.17) is 11.6 Å². The third-order valence-corrected chi connectivity index (χ3v) is 4.80. The van der Waals surface area contributed by atoms with Gasteiger partial charge in [0.05, 0.1) is 0 Å². The molecule has 0 nitrogen and oxygen atoms in total. The van der Waals surface area contributed by atoms with Gasteiger partial charge in [0.25, 0.3) is 0 Å². The van der Waals surface area contributed by atoms with Gasteiger partial charge in [-0.3, -0.25) is 0 Å². The fourth-order valence-electron chi connectivity index (χ4n) is 1.90. The van der Waals surface area contributed by atoms with Crippen molar-refractivity contribution in [3.8, 4) is 0 Å². The van der Waals surface area contributed by atoms with E-state index in [9.17, 15) is 4.39 Å². The molecule has 4 heteroatoms. The molecular formula is C15H12Br2ClF. The molecule has 0 aromatic heterocycles. The van der Waals surface area contributed by atoms with Gasteiger partial charge in [-0.05, 0) is 42.7 Å². The number of benzene rings is 2. The minimum absolute atomic E-state index is 0.0110. The molecule has 0 heterocycles. The van der Waals surface area contributed by atoms with Crippen molar-refractivity contribution in [3.63, 3.8) is 0 Å². The Bertz CT molecular complexity index is 578. The Hall–Kier alpha value is -0.380. The zero-order valence-corrected chi connectivity index (χ0v) is 14.2. The van der Waals surface area contributed by atoms with E-state index in [1.165, 1.54) is 11.6 Å². The number of aryl methyl sites for hydroxylation is 1. The first-order valence-corrected chi connectivity index (χ1v) is 7.90. The molecule has 0 amide bonds. The molecule has 0 aliphatic heterocycles. The summed E-state index contributed by atoms with van der Waals surface area (Å²) < 4.78 is 14.8. The van der Waals surface area contributed by atoms with E-state index in [0.29, 0.717) is 17.0 Å². The Morgan fingerprint density at radius 3 is 2.63 bits per heavy atom. The fourth-order valence-corrected chi connectivity index (χ4v) is 3.94. The molecule has 0 radical (unpaired) electrons. The molecule has 2 aromatic carbocycles. The van der Waals surface area contributed by atoms with E-state index in [1.807, 2.05) is 25.1 Å². The number of alkyl halides is 1. The maximum absolute atomic E-state index is 13.8. The zero-order chi connectivity index (χ0) is 14.0. The highest BCUT2D eigenvalue weighted by molar-refractivity contribution is 9.11. The van der Waals surface area contributed by atoms with Gasteiger partial charge in [-0.1, -0.05) is 61.7 Å². The topological polar surface area (TPSA) is 0 Å². The van der Waals surface area contributed by atoms with Crippen LogP contribution in [0.4, 0.5) is 4.39 Å². The number of hydrogen-bond acceptors (Lipinski definition) is 0. The van der Waals surface area contributed by atoms with Crippen molar-refractivity contribution < 1.29 is 4.39 Å². The molecule has 0 bridgehead atoms. The third kappa shape index (κ3) is 3.59. The fraction of sp³-hybridized carbons (Fsp3) is 0.200. The molecule has 0 fully saturated rings. The molecule has 0 aliphatic carbocycles. The SMILES string of the molecule is Cc1ccc(C(Br)Cc2c(F)cccc2Cl)c(Br)c1. The van der Waals surface area contributed by atoms with Gasteiger partial charge in [-0.15, -0.1) is 0 Å². The van der Waals surface area contributed by atoms with E-state index < -0.39 is 0 Å². The van der Waals surface area contributed by atoms with Crippen molar-refractivity contribution in [3.05, 3.63) is 68.4 Å². The van der Waals surface area contributed by atoms with Gasteiger partial charge in [0.15, 0.2) is 0 Å². The second-order valence-electron chi connectivity index (χ2n) is 4.40. The van der Waals surface area contributed by atoms with Crippen LogP contribution in [0.5, 0.6) is 0 Å². The Balaban J connectivity index is 2.28. The molecule has 19 heavy (non-hydrogen) atoms. The second kappa shape index (κ2) is 6.38. The first-order chi connectivity index (χ1) is 8.99. The third-order valence-electron chi connectivity index (χ3n) is 2.94. The number of halogens is 4. The van der Waals surface area contributed by atoms with Crippen LogP contribution in [0.25, 0.3) is 0 Å². The minimum atomic E-state index is -0.264. The van der Waals surface area contributed by atoms with Crippen molar-refractivity contribution in [1.29, 1.82) is 0 Å². The normalized spacial score (nSPS) is 12.5. The zero-order valence-electron chi connectivity index (χ0n) is 10.3. The standard InChI is InChI=1S/C15H12Br2ClF/c1-9-5-6-10(12(16)7-9)13(17)8-11-14(18)3-2-4-15(11)19/h2-7,13H,8H2,1H3. The molecule has 0 spiro atoms. The lowest BCUT2D eigenvalue weighted by Gasteiger charge is -2.14. The van der Waals surface area contributed by atoms with Crippen LogP contribution in [-0.2, 0) is 6.42 Å². The van der Waals surface area contributed by atoms with Crippen molar-refractivity contribution in [2.75, 3.05) is 0 Å². The highest BCUT2D eigenvalue weighted by atomic mass is 79.9. The highest BCUT2D eigenvalue weighted by Crippen LogP contribution is 2.35. The molecule has 0 N–H and O–H groups in total. The highest BCUT2D eigenvalue weighted by Gasteiger charge is 2.16. The van der Waals surface area contributed by atoms with Crippen molar-refractivity contribution in [2.45, 2.75) is 18.2 Å². The Morgan fingerprint density at radius 2 is 2.00 bits per heavy atom. The summed E-state index contributed by atoms with van der Waals surface area (Å²) in [4.78, 5) is 0.0110. The Kier molecular flexibility index (Phi) is 5.04. The molecule has 100 valence electrons. The molecule has 0 saturated carbocycles. The van der Waals surface area contributed by atoms with Crippen LogP contribution in [0.15, 0.2) is 40.9 Å². The number of rotatable bonds is 3. The number of hydrogen-bond donors (Lipinski definition) is 0. The molecule has 2 aromatic rings. The lowest BCUT2D eigenvalue weighted by Crippen LogP contribution is -2.00. The largest absolute Gasteiger partial charge is 0.207 e. The average Bonchev–Trinajstić information content (AvgIpc) is 2.33. The smallest absolute Gasteiger partial charge is 0.127 e. The van der Waals surface area contributed by atoms with Gasteiger partial charge in [0.1, 0.15) is 5.82 Å². The van der Waals surface area contributed by atoms with E-state index >= 15 is 0 Å². The summed E-state index contributed by atoms with van der Waals surface area (Å²) >= 11 is 13.2. The molecule has 1 atom stereocenters. The van der Waals surface area contributed by atoms with Gasteiger partial charge in [-0.2, -0.15) is 0 Å². The molecular weight excluding hydrogens is 394 g/mol. The summed E-state index contributed by atoms with van der Waals surface area (Å²) in [6, 6.07) is 10.9. The predicted octanol–water partition coefficient (Wildman–Crippen LogP) is 6.23. The van der Waals surface area contributed by atoms with Crippen molar-refractivity contribution in [1.82, 2.24) is 0 Å². The summed E-state index contributed by atoms with van der Waals surface area (Å²) in [6.07, 6.45) is 0.507. The van der Waals surface area contributed by atoms with E-state index in [2.05, 4.69) is 31.9 Å². The summed E-state index contributed by atoms with van der Waals surface area (Å²) in [7, 11) is 0. The average molecular weight is 407 g/mol. The van der Waals surface area contributed by atoms with E-state index in [-0.39, 0.29) is 10.6 Å². The van der Waals surface area contributed by atoms with Gasteiger partial charge in [0.2, 0.25) is 0 Å². The van der Waals surface area contributed by atoms with Gasteiger partial charge < -0.3 is 0 Å². The van der Waals surface area contributed by atoms with Crippen LogP contribution in [0.2, 0.25) is 5.02 Å². The summed E-state index contributed by atoms with van der Waals surface area (Å²) in [5, 5.41) is 0.465. The van der Waals surface area contributed by atoms with Crippen LogP contribution in [-0.4, -0.2) is 0 Å². The maximum Gasteiger partial charge on any atom is 0.127 e. The lowest BCUT2D eigenvalue weighted by atomic mass is 10.0. The monoisotopic (exact) mass is 404 g/mol. The Labute approximate surface area is 134 Å². The van der Waals surface area contributed by atoms with Gasteiger partial charge in [0, 0.05) is 19.9 Å². The lowest BCUT2D eigenvalue weighted by molar-refractivity contribution is 0.608. The summed E-state index contributed by atoms with van der Waals surface area (Å²) in [6.45, 7) is 2.03. The molecule has 2 rings (SSSR count).